The molecule has 2 N–H and O–H groups in total. The van der Waals surface area contributed by atoms with Crippen molar-refractivity contribution in [3.05, 3.63) is 0 Å². The molecular weight excluding hydrogens is 230 g/mol. The van der Waals surface area contributed by atoms with Gasteiger partial charge < -0.3 is 10.4 Å². The minimum absolute atomic E-state index is 0.00324. The second-order valence-corrected chi connectivity index (χ2v) is 6.73. The second-order valence-electron chi connectivity index (χ2n) is 6.73. The fraction of sp³-hybridized carbons (Fsp3) is 0.857. The number of carbonyl (C=O) groups excluding carboxylic acids is 1. The number of nitrogens with one attached hydrogen (secondary N) is 1. The zero-order valence-electron chi connectivity index (χ0n) is 10.8. The molecular formula is C14H21NO3. The molecule has 0 aromatic rings. The summed E-state index contributed by atoms with van der Waals surface area (Å²) < 4.78 is 0. The van der Waals surface area contributed by atoms with Crippen LogP contribution in [0.3, 0.4) is 0 Å². The van der Waals surface area contributed by atoms with E-state index in [9.17, 15) is 9.59 Å². The first-order chi connectivity index (χ1) is 8.48. The summed E-state index contributed by atoms with van der Waals surface area (Å²) >= 11 is 0. The maximum absolute atomic E-state index is 12.4. The Morgan fingerprint density at radius 1 is 1.11 bits per heavy atom. The van der Waals surface area contributed by atoms with Crippen molar-refractivity contribution >= 4 is 11.9 Å². The number of rotatable bonds is 3. The maximum atomic E-state index is 12.4. The molecule has 0 aromatic carbocycles. The minimum Gasteiger partial charge on any atom is -0.480 e. The first-order valence-corrected chi connectivity index (χ1v) is 7.02. The van der Waals surface area contributed by atoms with E-state index < -0.39 is 12.0 Å². The molecule has 4 heteroatoms. The minimum atomic E-state index is -0.951. The quantitative estimate of drug-likeness (QED) is 0.803. The van der Waals surface area contributed by atoms with Crippen LogP contribution in [-0.4, -0.2) is 23.0 Å². The molecule has 0 aliphatic heterocycles. The van der Waals surface area contributed by atoms with Gasteiger partial charge in [-0.15, -0.1) is 0 Å². The van der Waals surface area contributed by atoms with Gasteiger partial charge in [-0.25, -0.2) is 0 Å². The molecule has 4 bridgehead atoms. The van der Waals surface area contributed by atoms with Crippen LogP contribution in [0.2, 0.25) is 0 Å². The fourth-order valence-electron chi connectivity index (χ4n) is 4.80. The largest absolute Gasteiger partial charge is 0.480 e. The van der Waals surface area contributed by atoms with Gasteiger partial charge in [0.05, 0.1) is 0 Å². The Labute approximate surface area is 107 Å². The van der Waals surface area contributed by atoms with Gasteiger partial charge in [-0.1, -0.05) is 0 Å². The maximum Gasteiger partial charge on any atom is 0.325 e. The number of carboxylic acids is 1. The van der Waals surface area contributed by atoms with Crippen LogP contribution in [0.4, 0.5) is 0 Å². The van der Waals surface area contributed by atoms with E-state index in [4.69, 9.17) is 5.11 Å². The standard InChI is InChI=1S/C14H21NO3/c1-8(12(16)17)15-13(18)14-5-9-2-10(6-14)4-11(3-9)7-14/h8-11H,2-7H2,1H3,(H,15,18)(H,16,17). The molecule has 0 saturated heterocycles. The zero-order chi connectivity index (χ0) is 12.9. The van der Waals surface area contributed by atoms with E-state index in [1.807, 2.05) is 0 Å². The summed E-state index contributed by atoms with van der Waals surface area (Å²) in [6.45, 7) is 1.54. The molecule has 4 aliphatic carbocycles. The Hall–Kier alpha value is -1.06. The van der Waals surface area contributed by atoms with E-state index in [0.29, 0.717) is 17.8 Å². The van der Waals surface area contributed by atoms with E-state index in [1.165, 1.54) is 19.3 Å². The van der Waals surface area contributed by atoms with Gasteiger partial charge in [0.1, 0.15) is 6.04 Å². The molecule has 1 amide bonds. The lowest BCUT2D eigenvalue weighted by Gasteiger charge is -2.55. The topological polar surface area (TPSA) is 66.4 Å². The average molecular weight is 251 g/mol. The lowest BCUT2D eigenvalue weighted by molar-refractivity contribution is -0.151. The van der Waals surface area contributed by atoms with Crippen LogP contribution in [0.1, 0.15) is 45.4 Å². The van der Waals surface area contributed by atoms with E-state index in [-0.39, 0.29) is 11.3 Å². The third-order valence-corrected chi connectivity index (χ3v) is 5.24. The van der Waals surface area contributed by atoms with Gasteiger partial charge in [-0.05, 0) is 63.2 Å². The van der Waals surface area contributed by atoms with Gasteiger partial charge in [-0.2, -0.15) is 0 Å². The number of amides is 1. The van der Waals surface area contributed by atoms with E-state index in [0.717, 1.165) is 19.3 Å². The van der Waals surface area contributed by atoms with Gasteiger partial charge in [0, 0.05) is 5.41 Å². The van der Waals surface area contributed by atoms with Crippen molar-refractivity contribution < 1.29 is 14.7 Å². The molecule has 100 valence electrons. The summed E-state index contributed by atoms with van der Waals surface area (Å²) in [4.78, 5) is 23.3. The van der Waals surface area contributed by atoms with Crippen LogP contribution in [0.15, 0.2) is 0 Å². The van der Waals surface area contributed by atoms with Gasteiger partial charge in [0.15, 0.2) is 0 Å². The normalized spacial score (nSPS) is 42.6. The van der Waals surface area contributed by atoms with Crippen LogP contribution in [0, 0.1) is 23.2 Å². The average Bonchev–Trinajstić information content (AvgIpc) is 2.26. The molecule has 0 radical (unpaired) electrons. The van der Waals surface area contributed by atoms with Gasteiger partial charge in [0.2, 0.25) is 5.91 Å². The summed E-state index contributed by atoms with van der Waals surface area (Å²) in [5.41, 5.74) is -0.238. The van der Waals surface area contributed by atoms with Crippen LogP contribution in [0.5, 0.6) is 0 Å². The molecule has 0 aromatic heterocycles. The Kier molecular flexibility index (Phi) is 2.65. The van der Waals surface area contributed by atoms with Crippen LogP contribution < -0.4 is 5.32 Å². The van der Waals surface area contributed by atoms with Crippen LogP contribution in [0.25, 0.3) is 0 Å². The summed E-state index contributed by atoms with van der Waals surface area (Å²) in [6, 6.07) is -0.773. The van der Waals surface area contributed by atoms with Gasteiger partial charge in [-0.3, -0.25) is 9.59 Å². The number of carbonyl (C=O) groups is 2. The molecule has 4 aliphatic rings. The predicted molar refractivity (Wildman–Crippen MR) is 65.8 cm³/mol. The van der Waals surface area contributed by atoms with Crippen molar-refractivity contribution in [1.29, 1.82) is 0 Å². The Balaban J connectivity index is 1.75. The smallest absolute Gasteiger partial charge is 0.325 e. The molecule has 18 heavy (non-hydrogen) atoms. The third-order valence-electron chi connectivity index (χ3n) is 5.24. The highest BCUT2D eigenvalue weighted by Crippen LogP contribution is 2.60. The van der Waals surface area contributed by atoms with Crippen molar-refractivity contribution in [2.45, 2.75) is 51.5 Å². The number of carboxylic acid groups (broad SMARTS) is 1. The summed E-state index contributed by atoms with van der Waals surface area (Å²) in [5.74, 6) is 1.18. The Morgan fingerprint density at radius 2 is 1.56 bits per heavy atom. The van der Waals surface area contributed by atoms with Crippen molar-refractivity contribution in [1.82, 2.24) is 5.32 Å². The Bertz CT molecular complexity index is 355. The summed E-state index contributed by atoms with van der Waals surface area (Å²) in [6.07, 6.45) is 6.83. The summed E-state index contributed by atoms with van der Waals surface area (Å²) in [5, 5.41) is 11.6. The van der Waals surface area contributed by atoms with E-state index >= 15 is 0 Å². The van der Waals surface area contributed by atoms with Crippen molar-refractivity contribution in [2.24, 2.45) is 23.2 Å². The summed E-state index contributed by atoms with van der Waals surface area (Å²) in [7, 11) is 0. The molecule has 4 rings (SSSR count). The van der Waals surface area contributed by atoms with Gasteiger partial charge in [0.25, 0.3) is 0 Å². The zero-order valence-corrected chi connectivity index (χ0v) is 10.8. The third kappa shape index (κ3) is 1.82. The van der Waals surface area contributed by atoms with Crippen LogP contribution >= 0.6 is 0 Å². The van der Waals surface area contributed by atoms with E-state index in [1.54, 1.807) is 6.92 Å². The lowest BCUT2D eigenvalue weighted by Crippen LogP contribution is -2.55. The highest BCUT2D eigenvalue weighted by atomic mass is 16.4. The molecule has 1 unspecified atom stereocenters. The van der Waals surface area contributed by atoms with Crippen molar-refractivity contribution in [3.8, 4) is 0 Å². The first kappa shape index (κ1) is 12.0. The fourth-order valence-corrected chi connectivity index (χ4v) is 4.80. The highest BCUT2D eigenvalue weighted by molar-refractivity contribution is 5.87. The molecule has 0 spiro atoms. The number of aliphatic carboxylic acids is 1. The molecule has 0 heterocycles. The number of hydrogen-bond acceptors (Lipinski definition) is 2. The molecule has 4 saturated carbocycles. The van der Waals surface area contributed by atoms with E-state index in [2.05, 4.69) is 5.32 Å². The SMILES string of the molecule is CC(NC(=O)C12CC3CC(CC(C3)C1)C2)C(=O)O. The predicted octanol–water partition coefficient (Wildman–Crippen LogP) is 1.79. The number of hydrogen-bond donors (Lipinski definition) is 2. The first-order valence-electron chi connectivity index (χ1n) is 7.02. The van der Waals surface area contributed by atoms with Crippen molar-refractivity contribution in [2.75, 3.05) is 0 Å². The van der Waals surface area contributed by atoms with Crippen LogP contribution in [-0.2, 0) is 9.59 Å². The molecule has 4 fully saturated rings. The molecule has 4 nitrogen and oxygen atoms in total. The van der Waals surface area contributed by atoms with Gasteiger partial charge >= 0.3 is 5.97 Å². The molecule has 1 atom stereocenters. The second kappa shape index (κ2) is 3.97. The van der Waals surface area contributed by atoms with Crippen molar-refractivity contribution in [3.63, 3.8) is 0 Å². The monoisotopic (exact) mass is 251 g/mol. The highest BCUT2D eigenvalue weighted by Gasteiger charge is 2.54. The lowest BCUT2D eigenvalue weighted by atomic mass is 9.49. The Morgan fingerprint density at radius 3 is 1.94 bits per heavy atom.